The summed E-state index contributed by atoms with van der Waals surface area (Å²) in [6, 6.07) is 3.54. The van der Waals surface area contributed by atoms with Crippen LogP contribution < -0.4 is 0 Å². The highest BCUT2D eigenvalue weighted by atomic mass is 32.2. The first-order valence-electron chi connectivity index (χ1n) is 6.53. The molecule has 108 valence electrons. The Morgan fingerprint density at radius 1 is 1.50 bits per heavy atom. The number of hydrogen-bond acceptors (Lipinski definition) is 5. The third kappa shape index (κ3) is 3.12. The number of carbonyl (C=O) groups excluding carboxylic acids is 2. The minimum absolute atomic E-state index is 0.0592. The third-order valence-corrected chi connectivity index (χ3v) is 4.15. The maximum Gasteiger partial charge on any atom is 0.310 e. The van der Waals surface area contributed by atoms with Crippen LogP contribution in [0, 0.1) is 5.92 Å². The molecule has 0 spiro atoms. The maximum atomic E-state index is 12.6. The van der Waals surface area contributed by atoms with Crippen molar-refractivity contribution in [2.24, 2.45) is 5.92 Å². The number of nitrogens with zero attached hydrogens (tertiary/aromatic N) is 2. The minimum atomic E-state index is -0.237. The van der Waals surface area contributed by atoms with E-state index in [1.54, 1.807) is 23.2 Å². The van der Waals surface area contributed by atoms with E-state index in [2.05, 4.69) is 4.98 Å². The molecule has 0 aromatic carbocycles. The Bertz CT molecular complexity index is 507. The summed E-state index contributed by atoms with van der Waals surface area (Å²) in [7, 11) is 1.38. The van der Waals surface area contributed by atoms with E-state index in [1.807, 2.05) is 6.26 Å². The molecule has 0 N–H and O–H groups in total. The first-order valence-corrected chi connectivity index (χ1v) is 7.76. The molecule has 0 radical (unpaired) electrons. The summed E-state index contributed by atoms with van der Waals surface area (Å²) >= 11 is 1.45. The number of rotatable bonds is 3. The molecular formula is C14H18N2O3S. The van der Waals surface area contributed by atoms with Crippen molar-refractivity contribution in [1.82, 2.24) is 9.88 Å². The van der Waals surface area contributed by atoms with Gasteiger partial charge in [0.2, 0.25) is 0 Å². The molecule has 1 saturated heterocycles. The monoisotopic (exact) mass is 294 g/mol. The summed E-state index contributed by atoms with van der Waals surface area (Å²) in [5, 5.41) is 0.720. The van der Waals surface area contributed by atoms with E-state index in [0.29, 0.717) is 18.7 Å². The van der Waals surface area contributed by atoms with Crippen molar-refractivity contribution in [3.05, 3.63) is 23.9 Å². The van der Waals surface area contributed by atoms with Gasteiger partial charge < -0.3 is 9.64 Å². The lowest BCUT2D eigenvalue weighted by molar-refractivity contribution is -0.146. The first-order chi connectivity index (χ1) is 9.67. The average molecular weight is 294 g/mol. The largest absolute Gasteiger partial charge is 0.469 e. The van der Waals surface area contributed by atoms with Crippen molar-refractivity contribution in [2.75, 3.05) is 26.5 Å². The van der Waals surface area contributed by atoms with Gasteiger partial charge in [-0.1, -0.05) is 0 Å². The number of piperidine rings is 1. The number of methoxy groups -OCH3 is 1. The summed E-state index contributed by atoms with van der Waals surface area (Å²) < 4.78 is 4.78. The normalized spacial score (nSPS) is 18.7. The zero-order valence-corrected chi connectivity index (χ0v) is 12.5. The molecule has 2 rings (SSSR count). The molecule has 0 aliphatic carbocycles. The van der Waals surface area contributed by atoms with E-state index >= 15 is 0 Å². The Hall–Kier alpha value is -1.56. The van der Waals surface area contributed by atoms with Gasteiger partial charge in [0, 0.05) is 19.3 Å². The lowest BCUT2D eigenvalue weighted by Gasteiger charge is -2.31. The Kier molecular flexibility index (Phi) is 5.00. The number of amides is 1. The topological polar surface area (TPSA) is 59.5 Å². The van der Waals surface area contributed by atoms with E-state index < -0.39 is 0 Å². The predicted molar refractivity (Wildman–Crippen MR) is 76.7 cm³/mol. The molecule has 1 fully saturated rings. The molecule has 0 unspecified atom stereocenters. The van der Waals surface area contributed by atoms with Crippen LogP contribution in [-0.4, -0.2) is 48.2 Å². The van der Waals surface area contributed by atoms with E-state index in [-0.39, 0.29) is 17.8 Å². The molecule has 1 aliphatic heterocycles. The Labute approximate surface area is 122 Å². The zero-order chi connectivity index (χ0) is 14.5. The Morgan fingerprint density at radius 3 is 3.00 bits per heavy atom. The van der Waals surface area contributed by atoms with Crippen LogP contribution in [0.2, 0.25) is 0 Å². The molecule has 20 heavy (non-hydrogen) atoms. The first kappa shape index (κ1) is 14.8. The second kappa shape index (κ2) is 6.74. The van der Waals surface area contributed by atoms with E-state index in [9.17, 15) is 9.59 Å². The molecule has 0 bridgehead atoms. The lowest BCUT2D eigenvalue weighted by atomic mass is 9.97. The fourth-order valence-electron chi connectivity index (χ4n) is 2.41. The molecule has 1 aromatic heterocycles. The van der Waals surface area contributed by atoms with E-state index in [1.165, 1.54) is 18.9 Å². The van der Waals surface area contributed by atoms with Gasteiger partial charge in [-0.2, -0.15) is 0 Å². The number of likely N-dealkylation sites (tertiary alicyclic amines) is 1. The van der Waals surface area contributed by atoms with Crippen molar-refractivity contribution in [3.8, 4) is 0 Å². The van der Waals surface area contributed by atoms with Gasteiger partial charge in [-0.15, -0.1) is 11.8 Å². The van der Waals surface area contributed by atoms with E-state index in [4.69, 9.17) is 4.74 Å². The number of ether oxygens (including phenoxy) is 1. The van der Waals surface area contributed by atoms with Crippen molar-refractivity contribution < 1.29 is 14.3 Å². The van der Waals surface area contributed by atoms with Gasteiger partial charge >= 0.3 is 5.97 Å². The zero-order valence-electron chi connectivity index (χ0n) is 11.7. The van der Waals surface area contributed by atoms with Crippen molar-refractivity contribution in [3.63, 3.8) is 0 Å². The molecule has 2 heterocycles. The lowest BCUT2D eigenvalue weighted by Crippen LogP contribution is -2.42. The third-order valence-electron chi connectivity index (χ3n) is 3.44. The van der Waals surface area contributed by atoms with Crippen LogP contribution in [-0.2, 0) is 9.53 Å². The van der Waals surface area contributed by atoms with Crippen molar-refractivity contribution in [1.29, 1.82) is 0 Å². The van der Waals surface area contributed by atoms with Gasteiger partial charge in [-0.05, 0) is 31.2 Å². The highest BCUT2D eigenvalue weighted by Gasteiger charge is 2.30. The summed E-state index contributed by atoms with van der Waals surface area (Å²) in [6.45, 7) is 1.10. The second-order valence-corrected chi connectivity index (χ2v) is 5.47. The summed E-state index contributed by atoms with van der Waals surface area (Å²) in [6.07, 6.45) is 5.17. The number of esters is 1. The van der Waals surface area contributed by atoms with Gasteiger partial charge in [-0.25, -0.2) is 4.98 Å². The number of thioether (sulfide) groups is 1. The highest BCUT2D eigenvalue weighted by Crippen LogP contribution is 2.23. The van der Waals surface area contributed by atoms with E-state index in [0.717, 1.165) is 17.9 Å². The Morgan fingerprint density at radius 2 is 2.30 bits per heavy atom. The summed E-state index contributed by atoms with van der Waals surface area (Å²) in [4.78, 5) is 30.1. The quantitative estimate of drug-likeness (QED) is 0.629. The van der Waals surface area contributed by atoms with Gasteiger partial charge in [0.1, 0.15) is 5.03 Å². The average Bonchev–Trinajstić information content (AvgIpc) is 2.53. The Balaban J connectivity index is 2.14. The van der Waals surface area contributed by atoms with Gasteiger partial charge in [0.25, 0.3) is 5.91 Å². The fraction of sp³-hybridized carbons (Fsp3) is 0.500. The fourth-order valence-corrected chi connectivity index (χ4v) is 2.95. The second-order valence-electron chi connectivity index (χ2n) is 4.67. The molecule has 6 heteroatoms. The van der Waals surface area contributed by atoms with Gasteiger partial charge in [0.05, 0.1) is 18.6 Å². The van der Waals surface area contributed by atoms with Crippen LogP contribution in [0.3, 0.4) is 0 Å². The van der Waals surface area contributed by atoms with Crippen molar-refractivity contribution >= 4 is 23.6 Å². The van der Waals surface area contributed by atoms with Crippen LogP contribution in [0.15, 0.2) is 23.4 Å². The summed E-state index contributed by atoms with van der Waals surface area (Å²) in [5.74, 6) is -0.512. The SMILES string of the molecule is COC(=O)[C@H]1CCCN(C(=O)c2cccnc2SC)C1. The van der Waals surface area contributed by atoms with Crippen LogP contribution in [0.5, 0.6) is 0 Å². The molecule has 1 aromatic rings. The molecule has 1 amide bonds. The van der Waals surface area contributed by atoms with Crippen LogP contribution in [0.4, 0.5) is 0 Å². The predicted octanol–water partition coefficient (Wildman–Crippen LogP) is 1.83. The summed E-state index contributed by atoms with van der Waals surface area (Å²) in [5.41, 5.74) is 0.602. The molecule has 1 aliphatic rings. The maximum absolute atomic E-state index is 12.6. The number of carbonyl (C=O) groups is 2. The molecule has 1 atom stereocenters. The van der Waals surface area contributed by atoms with Gasteiger partial charge in [-0.3, -0.25) is 9.59 Å². The smallest absolute Gasteiger partial charge is 0.310 e. The van der Waals surface area contributed by atoms with Gasteiger partial charge in [0.15, 0.2) is 0 Å². The number of hydrogen-bond donors (Lipinski definition) is 0. The minimum Gasteiger partial charge on any atom is -0.469 e. The van der Waals surface area contributed by atoms with Crippen molar-refractivity contribution in [2.45, 2.75) is 17.9 Å². The van der Waals surface area contributed by atoms with Crippen LogP contribution in [0.1, 0.15) is 23.2 Å². The number of aromatic nitrogens is 1. The highest BCUT2D eigenvalue weighted by molar-refractivity contribution is 7.98. The molecular weight excluding hydrogens is 276 g/mol. The molecule has 0 saturated carbocycles. The molecule has 5 nitrogen and oxygen atoms in total. The standard InChI is InChI=1S/C14H18N2O3S/c1-19-14(18)10-5-4-8-16(9-10)13(17)11-6-3-7-15-12(11)20-2/h3,6-7,10H,4-5,8-9H2,1-2H3/t10-/m0/s1. The van der Waals surface area contributed by atoms with Crippen LogP contribution in [0.25, 0.3) is 0 Å². The number of pyridine rings is 1. The van der Waals surface area contributed by atoms with Crippen LogP contribution >= 0.6 is 11.8 Å².